The van der Waals surface area contributed by atoms with Crippen LogP contribution in [0, 0.1) is 6.92 Å². The van der Waals surface area contributed by atoms with Crippen molar-refractivity contribution in [3.8, 4) is 0 Å². The van der Waals surface area contributed by atoms with Crippen LogP contribution in [0.1, 0.15) is 50.3 Å². The molecule has 0 atom stereocenters. The average Bonchev–Trinajstić information content (AvgIpc) is 2.29. The van der Waals surface area contributed by atoms with E-state index in [4.69, 9.17) is 5.84 Å². The first-order valence-electron chi connectivity index (χ1n) is 6.44. The Balaban J connectivity index is 2.66. The maximum atomic E-state index is 11.0. The summed E-state index contributed by atoms with van der Waals surface area (Å²) >= 11 is 0. The van der Waals surface area contributed by atoms with Crippen LogP contribution in [0.15, 0.2) is 18.2 Å². The van der Waals surface area contributed by atoms with E-state index in [0.29, 0.717) is 6.42 Å². The number of carbonyl (C=O) groups excluding carboxylic acids is 1. The molecule has 0 aromatic heterocycles. The van der Waals surface area contributed by atoms with Gasteiger partial charge in [-0.05, 0) is 41.9 Å². The van der Waals surface area contributed by atoms with Crippen LogP contribution in [0.5, 0.6) is 0 Å². The summed E-state index contributed by atoms with van der Waals surface area (Å²) in [5, 5.41) is 0. The maximum Gasteiger partial charge on any atom is 0.233 e. The molecule has 0 aliphatic heterocycles. The van der Waals surface area contributed by atoms with Gasteiger partial charge in [0.05, 0.1) is 0 Å². The predicted octanol–water partition coefficient (Wildman–Crippen LogP) is 2.61. The number of rotatable bonds is 4. The number of hydrazine groups is 1. The average molecular weight is 248 g/mol. The number of aryl methyl sites for hydroxylation is 2. The molecule has 1 rings (SSSR count). The van der Waals surface area contributed by atoms with Crippen LogP contribution in [-0.4, -0.2) is 5.91 Å². The largest absolute Gasteiger partial charge is 0.294 e. The van der Waals surface area contributed by atoms with Gasteiger partial charge in [0.1, 0.15) is 0 Å². The van der Waals surface area contributed by atoms with Gasteiger partial charge < -0.3 is 0 Å². The van der Waals surface area contributed by atoms with Crippen molar-refractivity contribution in [2.45, 2.75) is 52.4 Å². The standard InChI is InChI=1S/C15H24N2O/c1-11-10-13(15(2,3)4)9-8-12(11)6-5-7-14(18)17-16/h8-10H,5-7,16H2,1-4H3,(H,17,18). The molecule has 1 aromatic rings. The molecule has 0 fully saturated rings. The summed E-state index contributed by atoms with van der Waals surface area (Å²) in [6.07, 6.45) is 2.24. The molecule has 0 saturated heterocycles. The lowest BCUT2D eigenvalue weighted by Crippen LogP contribution is -2.29. The second-order valence-electron chi connectivity index (χ2n) is 5.81. The van der Waals surface area contributed by atoms with E-state index in [-0.39, 0.29) is 11.3 Å². The van der Waals surface area contributed by atoms with Gasteiger partial charge in [-0.25, -0.2) is 5.84 Å². The molecule has 3 heteroatoms. The van der Waals surface area contributed by atoms with Gasteiger partial charge in [-0.1, -0.05) is 39.0 Å². The molecule has 18 heavy (non-hydrogen) atoms. The Kier molecular flexibility index (Phi) is 4.91. The van der Waals surface area contributed by atoms with E-state index < -0.39 is 0 Å². The highest BCUT2D eigenvalue weighted by molar-refractivity contribution is 5.75. The minimum Gasteiger partial charge on any atom is -0.294 e. The number of benzene rings is 1. The zero-order valence-corrected chi connectivity index (χ0v) is 11.8. The third kappa shape index (κ3) is 4.15. The lowest BCUT2D eigenvalue weighted by atomic mass is 9.85. The Morgan fingerprint density at radius 2 is 2.00 bits per heavy atom. The van der Waals surface area contributed by atoms with Gasteiger partial charge in [0.2, 0.25) is 5.91 Å². The molecule has 0 radical (unpaired) electrons. The minimum atomic E-state index is -0.0982. The van der Waals surface area contributed by atoms with Crippen LogP contribution in [-0.2, 0) is 16.6 Å². The van der Waals surface area contributed by atoms with Crippen molar-refractivity contribution in [2.24, 2.45) is 5.84 Å². The van der Waals surface area contributed by atoms with Gasteiger partial charge in [0, 0.05) is 6.42 Å². The highest BCUT2D eigenvalue weighted by Crippen LogP contribution is 2.24. The van der Waals surface area contributed by atoms with E-state index in [1.165, 1.54) is 16.7 Å². The van der Waals surface area contributed by atoms with Gasteiger partial charge in [-0.15, -0.1) is 0 Å². The molecule has 0 spiro atoms. The molecule has 1 amide bonds. The molecule has 0 unspecified atom stereocenters. The van der Waals surface area contributed by atoms with Crippen LogP contribution in [0.2, 0.25) is 0 Å². The number of nitrogens with two attached hydrogens (primary N) is 1. The van der Waals surface area contributed by atoms with Gasteiger partial charge >= 0.3 is 0 Å². The molecular formula is C15H24N2O. The molecule has 0 aliphatic carbocycles. The van der Waals surface area contributed by atoms with Crippen molar-refractivity contribution in [3.63, 3.8) is 0 Å². The van der Waals surface area contributed by atoms with E-state index in [9.17, 15) is 4.79 Å². The highest BCUT2D eigenvalue weighted by atomic mass is 16.2. The Labute approximate surface area is 110 Å². The first-order chi connectivity index (χ1) is 8.34. The van der Waals surface area contributed by atoms with Gasteiger partial charge in [-0.3, -0.25) is 10.2 Å². The number of carbonyl (C=O) groups is 1. The third-order valence-electron chi connectivity index (χ3n) is 3.22. The molecule has 3 nitrogen and oxygen atoms in total. The normalized spacial score (nSPS) is 11.4. The summed E-state index contributed by atoms with van der Waals surface area (Å²) in [6, 6.07) is 6.61. The van der Waals surface area contributed by atoms with Gasteiger partial charge in [0.25, 0.3) is 0 Å². The second kappa shape index (κ2) is 6.01. The van der Waals surface area contributed by atoms with Gasteiger partial charge in [-0.2, -0.15) is 0 Å². The van der Waals surface area contributed by atoms with Crippen molar-refractivity contribution >= 4 is 5.91 Å². The van der Waals surface area contributed by atoms with Crippen LogP contribution >= 0.6 is 0 Å². The molecule has 0 saturated carbocycles. The quantitative estimate of drug-likeness (QED) is 0.489. The SMILES string of the molecule is Cc1cc(C(C)(C)C)ccc1CCCC(=O)NN. The molecule has 0 heterocycles. The Hall–Kier alpha value is -1.35. The first-order valence-corrected chi connectivity index (χ1v) is 6.44. The Morgan fingerprint density at radius 1 is 1.33 bits per heavy atom. The van der Waals surface area contributed by atoms with Crippen molar-refractivity contribution < 1.29 is 4.79 Å². The van der Waals surface area contributed by atoms with Crippen LogP contribution in [0.4, 0.5) is 0 Å². The van der Waals surface area contributed by atoms with E-state index in [0.717, 1.165) is 12.8 Å². The van der Waals surface area contributed by atoms with Crippen LogP contribution in [0.25, 0.3) is 0 Å². The number of amides is 1. The number of hydrogen-bond acceptors (Lipinski definition) is 2. The summed E-state index contributed by atoms with van der Waals surface area (Å²) in [5.74, 6) is 4.95. The maximum absolute atomic E-state index is 11.0. The first kappa shape index (κ1) is 14.7. The summed E-state index contributed by atoms with van der Waals surface area (Å²) in [6.45, 7) is 8.78. The fraction of sp³-hybridized carbons (Fsp3) is 0.533. The van der Waals surface area contributed by atoms with Crippen LogP contribution in [0.3, 0.4) is 0 Å². The van der Waals surface area contributed by atoms with Crippen molar-refractivity contribution in [2.75, 3.05) is 0 Å². The topological polar surface area (TPSA) is 55.1 Å². The highest BCUT2D eigenvalue weighted by Gasteiger charge is 2.14. The van der Waals surface area contributed by atoms with E-state index >= 15 is 0 Å². The van der Waals surface area contributed by atoms with Crippen molar-refractivity contribution in [1.29, 1.82) is 0 Å². The van der Waals surface area contributed by atoms with Gasteiger partial charge in [0.15, 0.2) is 0 Å². The molecule has 100 valence electrons. The molecule has 3 N–H and O–H groups in total. The van der Waals surface area contributed by atoms with E-state index in [1.807, 2.05) is 0 Å². The Morgan fingerprint density at radius 3 is 2.50 bits per heavy atom. The van der Waals surface area contributed by atoms with Crippen molar-refractivity contribution in [3.05, 3.63) is 34.9 Å². The fourth-order valence-electron chi connectivity index (χ4n) is 1.95. The van der Waals surface area contributed by atoms with Crippen LogP contribution < -0.4 is 11.3 Å². The summed E-state index contributed by atoms with van der Waals surface area (Å²) in [4.78, 5) is 11.0. The molecule has 0 aliphatic rings. The summed E-state index contributed by atoms with van der Waals surface area (Å²) in [5.41, 5.74) is 6.30. The molecule has 0 bridgehead atoms. The summed E-state index contributed by atoms with van der Waals surface area (Å²) in [7, 11) is 0. The predicted molar refractivity (Wildman–Crippen MR) is 75.1 cm³/mol. The number of hydrogen-bond donors (Lipinski definition) is 2. The lowest BCUT2D eigenvalue weighted by Gasteiger charge is -2.20. The van der Waals surface area contributed by atoms with Crippen molar-refractivity contribution in [1.82, 2.24) is 5.43 Å². The zero-order chi connectivity index (χ0) is 13.8. The van der Waals surface area contributed by atoms with E-state index in [1.54, 1.807) is 0 Å². The van der Waals surface area contributed by atoms with E-state index in [2.05, 4.69) is 51.3 Å². The smallest absolute Gasteiger partial charge is 0.233 e. The Bertz CT molecular complexity index is 419. The number of nitrogens with one attached hydrogen (secondary N) is 1. The fourth-order valence-corrected chi connectivity index (χ4v) is 1.95. The molecular weight excluding hydrogens is 224 g/mol. The minimum absolute atomic E-state index is 0.0982. The summed E-state index contributed by atoms with van der Waals surface area (Å²) < 4.78 is 0. The molecule has 1 aromatic carbocycles. The second-order valence-corrected chi connectivity index (χ2v) is 5.81. The zero-order valence-electron chi connectivity index (χ0n) is 11.8. The third-order valence-corrected chi connectivity index (χ3v) is 3.22. The lowest BCUT2D eigenvalue weighted by molar-refractivity contribution is -0.121. The monoisotopic (exact) mass is 248 g/mol.